The lowest BCUT2D eigenvalue weighted by Crippen LogP contribution is -3.00. The molecule has 31 heavy (non-hydrogen) atoms. The second-order valence-corrected chi connectivity index (χ2v) is 11.2. The summed E-state index contributed by atoms with van der Waals surface area (Å²) in [5, 5.41) is 22.4. The smallest absolute Gasteiger partial charge is 0.134 e. The van der Waals surface area contributed by atoms with Gasteiger partial charge in [-0.1, -0.05) is 45.8 Å². The third-order valence-electron chi connectivity index (χ3n) is 6.65. The molecule has 1 aliphatic carbocycles. The molecular formula is C24H36Br2O4S. The Hall–Kier alpha value is 0.110. The van der Waals surface area contributed by atoms with Gasteiger partial charge in [0.1, 0.15) is 22.7 Å². The van der Waals surface area contributed by atoms with Gasteiger partial charge in [0.15, 0.2) is 0 Å². The average Bonchev–Trinajstić information content (AvgIpc) is 3.37. The standard InChI is InChI=1S/C24H35BrO4S.BrH/c1-16(2)9-10-20-23(3,29-20)22-21(28-4)19(26)11-13-24(22,27)15-30-14-12-17-7-5-6-8-18(17)25;/h5-9,19-22,26-27H,10-15H2,1-4H3;1H. The monoisotopic (exact) mass is 578 g/mol. The maximum atomic E-state index is 11.8. The topological polar surface area (TPSA) is 62.2 Å². The molecule has 0 amide bonds. The third-order valence-corrected chi connectivity index (χ3v) is 8.74. The van der Waals surface area contributed by atoms with E-state index in [1.165, 1.54) is 22.9 Å². The fraction of sp³-hybridized carbons (Fsp3) is 0.667. The van der Waals surface area contributed by atoms with Crippen LogP contribution in [0.2, 0.25) is 0 Å². The SMILES string of the molecule is COC1C(O)CCC(O)(C[SH+]CCc2ccccc2Br)C1C1(C)OC1CC=C(C)C.[Br-]. The number of aryl methyl sites for hydroxylation is 1. The quantitative estimate of drug-likeness (QED) is 0.150. The molecule has 7 heteroatoms. The molecule has 4 nitrogen and oxygen atoms in total. The average molecular weight is 580 g/mol. The normalized spacial score (nSPS) is 34.7. The van der Waals surface area contributed by atoms with E-state index in [0.29, 0.717) is 18.6 Å². The zero-order valence-corrected chi connectivity index (χ0v) is 22.9. The highest BCUT2D eigenvalue weighted by molar-refractivity contribution is 9.10. The molecule has 6 unspecified atom stereocenters. The summed E-state index contributed by atoms with van der Waals surface area (Å²) in [5.41, 5.74) is 1.19. The molecular weight excluding hydrogens is 544 g/mol. The van der Waals surface area contributed by atoms with E-state index < -0.39 is 23.4 Å². The van der Waals surface area contributed by atoms with E-state index in [2.05, 4.69) is 61.0 Å². The molecule has 1 aromatic carbocycles. The van der Waals surface area contributed by atoms with Gasteiger partial charge in [-0.3, -0.25) is 0 Å². The number of benzene rings is 1. The van der Waals surface area contributed by atoms with E-state index >= 15 is 0 Å². The van der Waals surface area contributed by atoms with Crippen molar-refractivity contribution in [2.24, 2.45) is 5.92 Å². The molecule has 3 rings (SSSR count). The lowest BCUT2D eigenvalue weighted by atomic mass is 9.66. The Morgan fingerprint density at radius 3 is 2.71 bits per heavy atom. The van der Waals surface area contributed by atoms with Crippen molar-refractivity contribution in [3.8, 4) is 0 Å². The maximum Gasteiger partial charge on any atom is 0.134 e. The fourth-order valence-corrected chi connectivity index (χ4v) is 6.70. The zero-order valence-electron chi connectivity index (χ0n) is 18.9. The van der Waals surface area contributed by atoms with Crippen molar-refractivity contribution in [1.82, 2.24) is 0 Å². The first-order valence-corrected chi connectivity index (χ1v) is 12.9. The number of hydrogen-bond donors (Lipinski definition) is 2. The number of hydrogen-bond acceptors (Lipinski definition) is 4. The Morgan fingerprint density at radius 1 is 1.35 bits per heavy atom. The second-order valence-electron chi connectivity index (χ2n) is 9.14. The van der Waals surface area contributed by atoms with Crippen LogP contribution in [0.5, 0.6) is 0 Å². The van der Waals surface area contributed by atoms with E-state index in [9.17, 15) is 10.2 Å². The molecule has 6 atom stereocenters. The Balaban J connectivity index is 0.00000341. The minimum absolute atomic E-state index is 0. The number of allylic oxidation sites excluding steroid dienone is 1. The van der Waals surface area contributed by atoms with Gasteiger partial charge in [0, 0.05) is 18.0 Å². The van der Waals surface area contributed by atoms with Crippen LogP contribution in [0.1, 0.15) is 45.6 Å². The molecule has 0 spiro atoms. The summed E-state index contributed by atoms with van der Waals surface area (Å²) in [6.45, 7) is 6.25. The Labute approximate surface area is 210 Å². The van der Waals surface area contributed by atoms with Gasteiger partial charge in [-0.15, -0.1) is 0 Å². The van der Waals surface area contributed by atoms with Crippen LogP contribution in [0.4, 0.5) is 0 Å². The Kier molecular flexibility index (Phi) is 10.1. The molecule has 1 aliphatic heterocycles. The fourth-order valence-electron chi connectivity index (χ4n) is 4.92. The van der Waals surface area contributed by atoms with Crippen molar-refractivity contribution >= 4 is 27.7 Å². The van der Waals surface area contributed by atoms with Crippen LogP contribution < -0.4 is 17.0 Å². The lowest BCUT2D eigenvalue weighted by molar-refractivity contribution is -0.169. The Morgan fingerprint density at radius 2 is 2.06 bits per heavy atom. The highest BCUT2D eigenvalue weighted by Gasteiger charge is 2.67. The number of rotatable bonds is 9. The molecule has 0 bridgehead atoms. The summed E-state index contributed by atoms with van der Waals surface area (Å²) in [5.74, 6) is 1.41. The molecule has 1 saturated heterocycles. The van der Waals surface area contributed by atoms with Gasteiger partial charge >= 0.3 is 0 Å². The van der Waals surface area contributed by atoms with Gasteiger partial charge in [0.2, 0.25) is 0 Å². The maximum absolute atomic E-state index is 11.8. The number of ether oxygens (including phenoxy) is 2. The summed E-state index contributed by atoms with van der Waals surface area (Å²) >= 11 is 4.82. The van der Waals surface area contributed by atoms with Crippen molar-refractivity contribution in [1.29, 1.82) is 0 Å². The van der Waals surface area contributed by atoms with Crippen LogP contribution in [0.25, 0.3) is 0 Å². The molecule has 1 heterocycles. The molecule has 2 fully saturated rings. The zero-order chi connectivity index (χ0) is 21.9. The second kappa shape index (κ2) is 11.5. The highest BCUT2D eigenvalue weighted by atomic mass is 79.9. The van der Waals surface area contributed by atoms with Crippen molar-refractivity contribution in [2.45, 2.75) is 76.0 Å². The number of methoxy groups -OCH3 is 1. The molecule has 1 aromatic rings. The molecule has 0 radical (unpaired) electrons. The number of halogens is 2. The van der Waals surface area contributed by atoms with Crippen LogP contribution in [0, 0.1) is 5.92 Å². The number of epoxide rings is 1. The molecule has 1 saturated carbocycles. The minimum Gasteiger partial charge on any atom is -1.00 e. The predicted molar refractivity (Wildman–Crippen MR) is 128 cm³/mol. The van der Waals surface area contributed by atoms with Gasteiger partial charge in [0.05, 0.1) is 24.2 Å². The predicted octanol–water partition coefficient (Wildman–Crippen LogP) is 0.841. The van der Waals surface area contributed by atoms with E-state index in [1.54, 1.807) is 7.11 Å². The first-order chi connectivity index (χ1) is 14.2. The number of thiol groups is 1. The van der Waals surface area contributed by atoms with E-state index in [-0.39, 0.29) is 29.0 Å². The molecule has 176 valence electrons. The molecule has 2 aliphatic rings. The van der Waals surface area contributed by atoms with Gasteiger partial charge in [-0.25, -0.2) is 0 Å². The van der Waals surface area contributed by atoms with Crippen molar-refractivity contribution in [2.75, 3.05) is 18.6 Å². The minimum atomic E-state index is -0.899. The van der Waals surface area contributed by atoms with Gasteiger partial charge < -0.3 is 36.7 Å². The molecule has 0 aromatic heterocycles. The summed E-state index contributed by atoms with van der Waals surface area (Å²) in [6.07, 6.45) is 4.20. The highest BCUT2D eigenvalue weighted by Crippen LogP contribution is 2.54. The van der Waals surface area contributed by atoms with E-state index in [1.807, 2.05) is 6.07 Å². The van der Waals surface area contributed by atoms with Crippen LogP contribution in [-0.2, 0) is 27.7 Å². The van der Waals surface area contributed by atoms with Crippen LogP contribution in [0.15, 0.2) is 40.4 Å². The van der Waals surface area contributed by atoms with Gasteiger partial charge in [-0.2, -0.15) is 0 Å². The number of aliphatic hydroxyl groups excluding tert-OH is 1. The van der Waals surface area contributed by atoms with Crippen LogP contribution in [0.3, 0.4) is 0 Å². The molecule has 2 N–H and O–H groups in total. The van der Waals surface area contributed by atoms with Crippen molar-refractivity contribution < 1.29 is 36.7 Å². The first-order valence-electron chi connectivity index (χ1n) is 10.8. The summed E-state index contributed by atoms with van der Waals surface area (Å²) in [7, 11) is 1.63. The third kappa shape index (κ3) is 6.37. The lowest BCUT2D eigenvalue weighted by Gasteiger charge is -2.46. The largest absolute Gasteiger partial charge is 1.00 e. The van der Waals surface area contributed by atoms with Crippen LogP contribution >= 0.6 is 15.9 Å². The van der Waals surface area contributed by atoms with Crippen molar-refractivity contribution in [3.63, 3.8) is 0 Å². The Bertz CT molecular complexity index is 757. The number of aliphatic hydroxyl groups is 2. The summed E-state index contributed by atoms with van der Waals surface area (Å²) < 4.78 is 13.0. The van der Waals surface area contributed by atoms with Crippen molar-refractivity contribution in [3.05, 3.63) is 46.0 Å². The van der Waals surface area contributed by atoms with E-state index in [0.717, 1.165) is 23.1 Å². The first kappa shape index (κ1) is 27.4. The van der Waals surface area contributed by atoms with Crippen LogP contribution in [-0.4, -0.2) is 58.3 Å². The summed E-state index contributed by atoms with van der Waals surface area (Å²) in [4.78, 5) is 0. The van der Waals surface area contributed by atoms with Gasteiger partial charge in [-0.05, 0) is 63.4 Å². The van der Waals surface area contributed by atoms with E-state index in [4.69, 9.17) is 9.47 Å². The summed E-state index contributed by atoms with van der Waals surface area (Å²) in [6, 6.07) is 8.30. The van der Waals surface area contributed by atoms with Gasteiger partial charge in [0.25, 0.3) is 0 Å².